The number of carboxylic acid groups (broad SMARTS) is 1. The van der Waals surface area contributed by atoms with E-state index < -0.39 is 18.0 Å². The highest BCUT2D eigenvalue weighted by atomic mass is 16.5. The van der Waals surface area contributed by atoms with Crippen LogP contribution < -0.4 is 10.6 Å². The number of amides is 3. The van der Waals surface area contributed by atoms with E-state index in [1.165, 1.54) is 14.2 Å². The van der Waals surface area contributed by atoms with Gasteiger partial charge in [0.15, 0.2) is 0 Å². The lowest BCUT2D eigenvalue weighted by Crippen LogP contribution is -2.49. The van der Waals surface area contributed by atoms with E-state index in [2.05, 4.69) is 10.6 Å². The first-order valence-corrected chi connectivity index (χ1v) is 6.03. The maximum atomic E-state index is 11.7. The molecule has 0 saturated heterocycles. The SMILES string of the molecule is COCCNC(=O)CN(C)C(=O)N[C@@H](CCO)C(=O)O. The zero-order valence-corrected chi connectivity index (χ0v) is 11.6. The van der Waals surface area contributed by atoms with Crippen molar-refractivity contribution in [3.63, 3.8) is 0 Å². The fraction of sp³-hybridized carbons (Fsp3) is 0.727. The molecule has 0 saturated carbocycles. The first kappa shape index (κ1) is 18.1. The Morgan fingerprint density at radius 2 is 2.00 bits per heavy atom. The zero-order chi connectivity index (χ0) is 15.5. The van der Waals surface area contributed by atoms with Gasteiger partial charge in [-0.3, -0.25) is 4.79 Å². The smallest absolute Gasteiger partial charge is 0.326 e. The molecule has 0 spiro atoms. The average Bonchev–Trinajstić information content (AvgIpc) is 2.38. The summed E-state index contributed by atoms with van der Waals surface area (Å²) in [7, 11) is 2.86. The highest BCUT2D eigenvalue weighted by Crippen LogP contribution is 1.94. The molecule has 0 aromatic heterocycles. The van der Waals surface area contributed by atoms with Crippen LogP contribution in [0.15, 0.2) is 0 Å². The summed E-state index contributed by atoms with van der Waals surface area (Å²) in [5.74, 6) is -1.63. The van der Waals surface area contributed by atoms with Crippen LogP contribution in [0.5, 0.6) is 0 Å². The van der Waals surface area contributed by atoms with Gasteiger partial charge in [0.25, 0.3) is 0 Å². The van der Waals surface area contributed by atoms with Gasteiger partial charge in [0.05, 0.1) is 6.61 Å². The minimum atomic E-state index is -1.25. The Labute approximate surface area is 116 Å². The summed E-state index contributed by atoms with van der Waals surface area (Å²) in [6, 6.07) is -1.89. The number of nitrogens with zero attached hydrogens (tertiary/aromatic N) is 1. The van der Waals surface area contributed by atoms with Crippen molar-refractivity contribution in [3.8, 4) is 0 Å². The largest absolute Gasteiger partial charge is 0.480 e. The Morgan fingerprint density at radius 3 is 2.50 bits per heavy atom. The van der Waals surface area contributed by atoms with Crippen LogP contribution in [-0.4, -0.2) is 79.5 Å². The Balaban J connectivity index is 4.19. The maximum absolute atomic E-state index is 11.7. The molecule has 0 bridgehead atoms. The van der Waals surface area contributed by atoms with Gasteiger partial charge in [-0.2, -0.15) is 0 Å². The van der Waals surface area contributed by atoms with Crippen molar-refractivity contribution in [2.45, 2.75) is 12.5 Å². The molecule has 0 aliphatic carbocycles. The fourth-order valence-corrected chi connectivity index (χ4v) is 1.28. The fourth-order valence-electron chi connectivity index (χ4n) is 1.28. The van der Waals surface area contributed by atoms with Gasteiger partial charge in [-0.15, -0.1) is 0 Å². The number of aliphatic hydroxyl groups excluding tert-OH is 1. The number of aliphatic carboxylic acids is 1. The Morgan fingerprint density at radius 1 is 1.35 bits per heavy atom. The van der Waals surface area contributed by atoms with Gasteiger partial charge < -0.3 is 30.5 Å². The van der Waals surface area contributed by atoms with Gasteiger partial charge in [0, 0.05) is 33.7 Å². The van der Waals surface area contributed by atoms with Crippen LogP contribution in [0.25, 0.3) is 0 Å². The molecular weight excluding hydrogens is 270 g/mol. The van der Waals surface area contributed by atoms with Crippen LogP contribution in [0.4, 0.5) is 4.79 Å². The van der Waals surface area contributed by atoms with Crippen LogP contribution in [0.1, 0.15) is 6.42 Å². The van der Waals surface area contributed by atoms with E-state index >= 15 is 0 Å². The number of ether oxygens (including phenoxy) is 1. The molecule has 0 aromatic rings. The van der Waals surface area contributed by atoms with Crippen LogP contribution in [0.2, 0.25) is 0 Å². The van der Waals surface area contributed by atoms with Crippen LogP contribution in [-0.2, 0) is 14.3 Å². The van der Waals surface area contributed by atoms with E-state index in [0.717, 1.165) is 4.90 Å². The number of hydrogen-bond donors (Lipinski definition) is 4. The lowest BCUT2D eigenvalue weighted by Gasteiger charge is -2.20. The minimum absolute atomic E-state index is 0.102. The molecule has 116 valence electrons. The molecular formula is C11H21N3O6. The molecule has 1 atom stereocenters. The summed E-state index contributed by atoms with van der Waals surface area (Å²) < 4.78 is 4.75. The average molecular weight is 291 g/mol. The number of rotatable bonds is 9. The van der Waals surface area contributed by atoms with E-state index in [4.69, 9.17) is 14.9 Å². The van der Waals surface area contributed by atoms with Gasteiger partial charge in [-0.05, 0) is 0 Å². The predicted octanol–water partition coefficient (Wildman–Crippen LogP) is -1.77. The maximum Gasteiger partial charge on any atom is 0.326 e. The molecule has 20 heavy (non-hydrogen) atoms. The van der Waals surface area contributed by atoms with Crippen LogP contribution >= 0.6 is 0 Å². The summed E-state index contributed by atoms with van der Waals surface area (Å²) in [6.07, 6.45) is -0.102. The monoisotopic (exact) mass is 291 g/mol. The zero-order valence-electron chi connectivity index (χ0n) is 11.6. The number of carboxylic acids is 1. The molecule has 0 fully saturated rings. The first-order valence-electron chi connectivity index (χ1n) is 6.03. The van der Waals surface area contributed by atoms with Gasteiger partial charge in [-0.25, -0.2) is 9.59 Å². The quantitative estimate of drug-likeness (QED) is 0.372. The van der Waals surface area contributed by atoms with E-state index in [9.17, 15) is 14.4 Å². The number of hydrogen-bond acceptors (Lipinski definition) is 5. The molecule has 0 aromatic carbocycles. The molecule has 9 nitrogen and oxygen atoms in total. The van der Waals surface area contributed by atoms with Crippen molar-refractivity contribution >= 4 is 17.9 Å². The van der Waals surface area contributed by atoms with Gasteiger partial charge >= 0.3 is 12.0 Å². The summed E-state index contributed by atoms with van der Waals surface area (Å²) in [6.45, 7) is 0.117. The second-order valence-electron chi connectivity index (χ2n) is 4.05. The van der Waals surface area contributed by atoms with Gasteiger partial charge in [0.2, 0.25) is 5.91 Å². The van der Waals surface area contributed by atoms with E-state index in [1.54, 1.807) is 0 Å². The van der Waals surface area contributed by atoms with Crippen LogP contribution in [0, 0.1) is 0 Å². The van der Waals surface area contributed by atoms with Gasteiger partial charge in [-0.1, -0.05) is 0 Å². The minimum Gasteiger partial charge on any atom is -0.480 e. The normalized spacial score (nSPS) is 11.6. The van der Waals surface area contributed by atoms with Crippen molar-refractivity contribution in [2.75, 3.05) is 40.5 Å². The molecule has 4 N–H and O–H groups in total. The number of nitrogens with one attached hydrogen (secondary N) is 2. The lowest BCUT2D eigenvalue weighted by molar-refractivity contribution is -0.139. The first-order chi connectivity index (χ1) is 9.42. The standard InChI is InChI=1S/C11H21N3O6/c1-14(7-9(16)12-4-6-20-2)11(19)13-8(3-5-15)10(17)18/h8,15H,3-7H2,1-2H3,(H,12,16)(H,13,19)(H,17,18)/t8-/m0/s1. The number of carbonyl (C=O) groups is 3. The Bertz CT molecular complexity index is 336. The van der Waals surface area contributed by atoms with E-state index in [0.29, 0.717) is 13.2 Å². The topological polar surface area (TPSA) is 128 Å². The highest BCUT2D eigenvalue weighted by molar-refractivity contribution is 5.86. The second kappa shape index (κ2) is 9.98. The molecule has 3 amide bonds. The molecule has 0 radical (unpaired) electrons. The third-order valence-electron chi connectivity index (χ3n) is 2.37. The Kier molecular flexibility index (Phi) is 9.05. The predicted molar refractivity (Wildman–Crippen MR) is 69.2 cm³/mol. The highest BCUT2D eigenvalue weighted by Gasteiger charge is 2.21. The lowest BCUT2D eigenvalue weighted by atomic mass is 10.2. The van der Waals surface area contributed by atoms with Crippen molar-refractivity contribution in [1.82, 2.24) is 15.5 Å². The molecule has 0 rings (SSSR count). The molecule has 9 heteroatoms. The number of carbonyl (C=O) groups excluding carboxylic acids is 2. The third kappa shape index (κ3) is 7.54. The molecule has 0 aliphatic rings. The van der Waals surface area contributed by atoms with Crippen LogP contribution in [0.3, 0.4) is 0 Å². The third-order valence-corrected chi connectivity index (χ3v) is 2.37. The van der Waals surface area contributed by atoms with E-state index in [-0.39, 0.29) is 25.5 Å². The summed E-state index contributed by atoms with van der Waals surface area (Å²) in [5, 5.41) is 22.3. The summed E-state index contributed by atoms with van der Waals surface area (Å²) in [4.78, 5) is 35.0. The molecule has 0 aliphatic heterocycles. The summed E-state index contributed by atoms with van der Waals surface area (Å²) >= 11 is 0. The number of likely N-dealkylation sites (N-methyl/N-ethyl adjacent to an activating group) is 1. The molecule has 0 heterocycles. The van der Waals surface area contributed by atoms with Crippen molar-refractivity contribution in [1.29, 1.82) is 0 Å². The van der Waals surface area contributed by atoms with Crippen molar-refractivity contribution < 1.29 is 29.3 Å². The summed E-state index contributed by atoms with van der Waals surface area (Å²) in [5.41, 5.74) is 0. The van der Waals surface area contributed by atoms with E-state index in [1.807, 2.05) is 0 Å². The Hall–Kier alpha value is -1.87. The van der Waals surface area contributed by atoms with Crippen molar-refractivity contribution in [2.24, 2.45) is 0 Å². The molecule has 0 unspecified atom stereocenters. The second-order valence-corrected chi connectivity index (χ2v) is 4.05. The number of methoxy groups -OCH3 is 1. The number of aliphatic hydroxyl groups is 1. The number of urea groups is 1. The van der Waals surface area contributed by atoms with Gasteiger partial charge in [0.1, 0.15) is 12.6 Å². The van der Waals surface area contributed by atoms with Crippen molar-refractivity contribution in [3.05, 3.63) is 0 Å².